The van der Waals surface area contributed by atoms with E-state index in [0.717, 1.165) is 0 Å². The quantitative estimate of drug-likeness (QED) is 0.836. The summed E-state index contributed by atoms with van der Waals surface area (Å²) in [6, 6.07) is 4.90. The molecule has 0 amide bonds. The van der Waals surface area contributed by atoms with Crippen molar-refractivity contribution in [3.8, 4) is 5.75 Å². The number of benzene rings is 1. The Morgan fingerprint density at radius 2 is 1.71 bits per heavy atom. The van der Waals surface area contributed by atoms with Crippen molar-refractivity contribution >= 4 is 16.0 Å². The molecule has 118 valence electrons. The van der Waals surface area contributed by atoms with E-state index in [1.54, 1.807) is 20.8 Å². The molecule has 0 bridgehead atoms. The van der Waals surface area contributed by atoms with E-state index in [1.165, 1.54) is 38.3 Å². The number of hydrogen-bond acceptors (Lipinski definition) is 5. The predicted molar refractivity (Wildman–Crippen MR) is 78.6 cm³/mol. The minimum atomic E-state index is -3.79. The highest BCUT2D eigenvalue weighted by Gasteiger charge is 2.26. The van der Waals surface area contributed by atoms with Crippen LogP contribution in [0.25, 0.3) is 0 Å². The van der Waals surface area contributed by atoms with Gasteiger partial charge in [0.05, 0.1) is 12.0 Å². The number of rotatable bonds is 5. The molecule has 6 nitrogen and oxygen atoms in total. The van der Waals surface area contributed by atoms with Gasteiger partial charge in [0.2, 0.25) is 10.0 Å². The van der Waals surface area contributed by atoms with Crippen molar-refractivity contribution in [1.29, 1.82) is 0 Å². The van der Waals surface area contributed by atoms with Crippen LogP contribution >= 0.6 is 0 Å². The molecular weight excluding hydrogens is 294 g/mol. The van der Waals surface area contributed by atoms with E-state index in [9.17, 15) is 13.2 Å². The average molecular weight is 315 g/mol. The Morgan fingerprint density at radius 1 is 1.19 bits per heavy atom. The molecular formula is C14H21NO5S. The highest BCUT2D eigenvalue weighted by atomic mass is 32.2. The van der Waals surface area contributed by atoms with Gasteiger partial charge in [0.15, 0.2) is 0 Å². The van der Waals surface area contributed by atoms with Gasteiger partial charge in [-0.25, -0.2) is 8.42 Å². The monoisotopic (exact) mass is 315 g/mol. The molecule has 21 heavy (non-hydrogen) atoms. The van der Waals surface area contributed by atoms with Crippen LogP contribution < -0.4 is 9.46 Å². The maximum absolute atomic E-state index is 12.2. The number of methoxy groups -OCH3 is 1. The van der Waals surface area contributed by atoms with E-state index < -0.39 is 27.6 Å². The first-order chi connectivity index (χ1) is 9.55. The van der Waals surface area contributed by atoms with E-state index in [4.69, 9.17) is 9.47 Å². The van der Waals surface area contributed by atoms with Gasteiger partial charge in [0, 0.05) is 0 Å². The highest BCUT2D eigenvalue weighted by Crippen LogP contribution is 2.16. The zero-order valence-electron chi connectivity index (χ0n) is 12.8. The molecule has 1 aromatic rings. The first kappa shape index (κ1) is 17.5. The standard InChI is InChI=1S/C14H21NO5S/c1-10(13(16)20-14(2,3)4)15-21(17,18)12-8-6-11(19-5)7-9-12/h6-10,15H,1-5H3/t10-/m1/s1. The van der Waals surface area contributed by atoms with Gasteiger partial charge in [0.25, 0.3) is 0 Å². The van der Waals surface area contributed by atoms with E-state index >= 15 is 0 Å². The zero-order valence-corrected chi connectivity index (χ0v) is 13.7. The van der Waals surface area contributed by atoms with Crippen molar-refractivity contribution in [2.75, 3.05) is 7.11 Å². The fourth-order valence-corrected chi connectivity index (χ4v) is 2.69. The summed E-state index contributed by atoms with van der Waals surface area (Å²) in [4.78, 5) is 11.9. The Hall–Kier alpha value is -1.60. The molecule has 0 heterocycles. The Balaban J connectivity index is 2.81. The van der Waals surface area contributed by atoms with Gasteiger partial charge < -0.3 is 9.47 Å². The van der Waals surface area contributed by atoms with Crippen LogP contribution in [-0.2, 0) is 19.6 Å². The van der Waals surface area contributed by atoms with Crippen LogP contribution in [0.1, 0.15) is 27.7 Å². The van der Waals surface area contributed by atoms with Crippen molar-refractivity contribution in [1.82, 2.24) is 4.72 Å². The van der Waals surface area contributed by atoms with Crippen molar-refractivity contribution < 1.29 is 22.7 Å². The fourth-order valence-electron chi connectivity index (χ4n) is 1.49. The Bertz CT molecular complexity index is 587. The molecule has 1 aromatic carbocycles. The summed E-state index contributed by atoms with van der Waals surface area (Å²) in [5.74, 6) is -0.0753. The lowest BCUT2D eigenvalue weighted by Gasteiger charge is -2.22. The summed E-state index contributed by atoms with van der Waals surface area (Å²) in [5.41, 5.74) is -0.670. The predicted octanol–water partition coefficient (Wildman–Crippen LogP) is 1.70. The molecule has 0 radical (unpaired) electrons. The van der Waals surface area contributed by atoms with Crippen LogP contribution in [0.3, 0.4) is 0 Å². The second kappa shape index (κ2) is 6.44. The topological polar surface area (TPSA) is 81.7 Å². The Morgan fingerprint density at radius 3 is 2.14 bits per heavy atom. The minimum Gasteiger partial charge on any atom is -0.497 e. The van der Waals surface area contributed by atoms with Crippen molar-refractivity contribution in [2.24, 2.45) is 0 Å². The molecule has 0 aromatic heterocycles. The maximum atomic E-state index is 12.2. The number of nitrogens with one attached hydrogen (secondary N) is 1. The van der Waals surface area contributed by atoms with Gasteiger partial charge in [0.1, 0.15) is 17.4 Å². The molecule has 0 saturated carbocycles. The van der Waals surface area contributed by atoms with Gasteiger partial charge in [-0.2, -0.15) is 4.72 Å². The second-order valence-corrected chi connectivity index (χ2v) is 7.27. The normalized spacial score (nSPS) is 13.6. The molecule has 0 spiro atoms. The Labute approximate surface area is 125 Å². The summed E-state index contributed by atoms with van der Waals surface area (Å²) in [7, 11) is -2.30. The summed E-state index contributed by atoms with van der Waals surface area (Å²) < 4.78 is 36.7. The van der Waals surface area contributed by atoms with Gasteiger partial charge in [-0.3, -0.25) is 4.79 Å². The largest absolute Gasteiger partial charge is 0.497 e. The highest BCUT2D eigenvalue weighted by molar-refractivity contribution is 7.89. The summed E-state index contributed by atoms with van der Waals surface area (Å²) >= 11 is 0. The average Bonchev–Trinajstić information content (AvgIpc) is 2.36. The molecule has 7 heteroatoms. The third-order valence-corrected chi connectivity index (χ3v) is 4.02. The molecule has 1 rings (SSSR count). The lowest BCUT2D eigenvalue weighted by atomic mass is 10.2. The number of ether oxygens (including phenoxy) is 2. The molecule has 0 saturated heterocycles. The van der Waals surface area contributed by atoms with Crippen LogP contribution in [0.4, 0.5) is 0 Å². The molecule has 0 aliphatic heterocycles. The number of sulfonamides is 1. The molecule has 0 aliphatic rings. The lowest BCUT2D eigenvalue weighted by molar-refractivity contribution is -0.156. The van der Waals surface area contributed by atoms with Crippen LogP contribution in [0.2, 0.25) is 0 Å². The van der Waals surface area contributed by atoms with Crippen LogP contribution in [0.5, 0.6) is 5.75 Å². The maximum Gasteiger partial charge on any atom is 0.324 e. The number of carbonyl (C=O) groups is 1. The third kappa shape index (κ3) is 5.35. The van der Waals surface area contributed by atoms with Gasteiger partial charge in [-0.15, -0.1) is 0 Å². The van der Waals surface area contributed by atoms with E-state index in [1.807, 2.05) is 0 Å². The fraction of sp³-hybridized carbons (Fsp3) is 0.500. The first-order valence-corrected chi connectivity index (χ1v) is 7.93. The van der Waals surface area contributed by atoms with Crippen molar-refractivity contribution in [3.05, 3.63) is 24.3 Å². The van der Waals surface area contributed by atoms with Gasteiger partial charge in [-0.05, 0) is 52.0 Å². The Kier molecular flexibility index (Phi) is 5.36. The first-order valence-electron chi connectivity index (χ1n) is 6.44. The van der Waals surface area contributed by atoms with Gasteiger partial charge >= 0.3 is 5.97 Å². The molecule has 1 atom stereocenters. The molecule has 0 unspecified atom stereocenters. The number of hydrogen-bond donors (Lipinski definition) is 1. The van der Waals surface area contributed by atoms with Crippen LogP contribution in [0, 0.1) is 0 Å². The molecule has 1 N–H and O–H groups in total. The lowest BCUT2D eigenvalue weighted by Crippen LogP contribution is -2.42. The van der Waals surface area contributed by atoms with E-state index in [2.05, 4.69) is 4.72 Å². The molecule has 0 aliphatic carbocycles. The summed E-state index contributed by atoms with van der Waals surface area (Å²) in [5, 5.41) is 0. The van der Waals surface area contributed by atoms with Gasteiger partial charge in [-0.1, -0.05) is 0 Å². The molecule has 0 fully saturated rings. The van der Waals surface area contributed by atoms with Crippen LogP contribution in [-0.4, -0.2) is 33.1 Å². The van der Waals surface area contributed by atoms with E-state index in [-0.39, 0.29) is 4.90 Å². The van der Waals surface area contributed by atoms with E-state index in [0.29, 0.717) is 5.75 Å². The summed E-state index contributed by atoms with van der Waals surface area (Å²) in [6.45, 7) is 6.59. The zero-order chi connectivity index (χ0) is 16.3. The minimum absolute atomic E-state index is 0.0544. The van der Waals surface area contributed by atoms with Crippen molar-refractivity contribution in [2.45, 2.75) is 44.2 Å². The third-order valence-electron chi connectivity index (χ3n) is 2.46. The van der Waals surface area contributed by atoms with Crippen LogP contribution in [0.15, 0.2) is 29.2 Å². The summed E-state index contributed by atoms with van der Waals surface area (Å²) in [6.07, 6.45) is 0. The van der Waals surface area contributed by atoms with Crippen molar-refractivity contribution in [3.63, 3.8) is 0 Å². The smallest absolute Gasteiger partial charge is 0.324 e. The number of carbonyl (C=O) groups excluding carboxylic acids is 1. The SMILES string of the molecule is COc1ccc(S(=O)(=O)N[C@H](C)C(=O)OC(C)(C)C)cc1. The number of esters is 1. The second-order valence-electron chi connectivity index (χ2n) is 5.55.